The Balaban J connectivity index is 1.37. The van der Waals surface area contributed by atoms with Gasteiger partial charge in [-0.2, -0.15) is 0 Å². The van der Waals surface area contributed by atoms with Crippen LogP contribution in [0, 0.1) is 16.0 Å². The molecule has 1 saturated heterocycles. The zero-order valence-corrected chi connectivity index (χ0v) is 23.5. The number of hydrogen-bond acceptors (Lipinski definition) is 4. The Hall–Kier alpha value is -2.51. The first-order chi connectivity index (χ1) is 18.2. The topological polar surface area (TPSA) is 75.5 Å². The van der Waals surface area contributed by atoms with E-state index in [1.807, 2.05) is 24.3 Å². The van der Waals surface area contributed by atoms with Crippen molar-refractivity contribution >= 4 is 63.7 Å². The molecule has 1 unspecified atom stereocenters. The lowest BCUT2D eigenvalue weighted by Crippen LogP contribution is -2.34. The van der Waals surface area contributed by atoms with Gasteiger partial charge in [0.15, 0.2) is 0 Å². The molecule has 0 aliphatic carbocycles. The van der Waals surface area contributed by atoms with Crippen molar-refractivity contribution in [2.45, 2.75) is 31.6 Å². The molecule has 4 rings (SSSR count). The highest BCUT2D eigenvalue weighted by molar-refractivity contribution is 6.42. The van der Waals surface area contributed by atoms with Gasteiger partial charge in [0.05, 0.1) is 25.6 Å². The minimum absolute atomic E-state index is 0.0486. The lowest BCUT2D eigenvalue weighted by atomic mass is 9.86. The van der Waals surface area contributed by atoms with Crippen LogP contribution < -0.4 is 10.2 Å². The van der Waals surface area contributed by atoms with Crippen molar-refractivity contribution < 1.29 is 9.72 Å². The fraction of sp³-hybridized carbons (Fsp3) is 0.321. The van der Waals surface area contributed by atoms with Gasteiger partial charge in [0.1, 0.15) is 0 Å². The summed E-state index contributed by atoms with van der Waals surface area (Å²) in [5, 5.41) is 15.7. The van der Waals surface area contributed by atoms with E-state index in [4.69, 9.17) is 46.4 Å². The Morgan fingerprint density at radius 1 is 0.947 bits per heavy atom. The summed E-state index contributed by atoms with van der Waals surface area (Å²) in [4.78, 5) is 25.7. The molecule has 1 fully saturated rings. The van der Waals surface area contributed by atoms with Crippen LogP contribution in [0.5, 0.6) is 0 Å². The summed E-state index contributed by atoms with van der Waals surface area (Å²) in [6, 6.07) is 17.1. The van der Waals surface area contributed by atoms with Crippen LogP contribution in [0.3, 0.4) is 0 Å². The largest absolute Gasteiger partial charge is 0.372 e. The van der Waals surface area contributed by atoms with E-state index in [1.165, 1.54) is 0 Å². The molecule has 0 radical (unpaired) electrons. The van der Waals surface area contributed by atoms with Crippen LogP contribution in [-0.2, 0) is 0 Å². The number of halogens is 4. The maximum Gasteiger partial charge on any atom is 0.269 e. The standard InChI is InChI=1S/C28H27Cl4N3O3/c29-21-4-9-24(26(31)16-21)28(36)33-17-20(19-3-10-25(30)27(32)15-19)2-1-18-11-13-34(14-12-18)22-5-7-23(8-6-22)35(37)38/h3-10,15-16,18,20H,1-2,11-14,17H2,(H,33,36). The van der Waals surface area contributed by atoms with Gasteiger partial charge < -0.3 is 10.2 Å². The average molecular weight is 595 g/mol. The fourth-order valence-corrected chi connectivity index (χ4v) is 5.64. The molecule has 1 N–H and O–H groups in total. The number of nitro groups is 1. The third kappa shape index (κ3) is 7.32. The first kappa shape index (κ1) is 28.5. The van der Waals surface area contributed by atoms with E-state index in [0.29, 0.717) is 38.1 Å². The predicted octanol–water partition coefficient (Wildman–Crippen LogP) is 8.42. The highest BCUT2D eigenvalue weighted by Crippen LogP contribution is 2.33. The summed E-state index contributed by atoms with van der Waals surface area (Å²) in [5.41, 5.74) is 2.50. The highest BCUT2D eigenvalue weighted by Gasteiger charge is 2.23. The third-order valence-electron chi connectivity index (χ3n) is 7.06. The second kappa shape index (κ2) is 13.0. The highest BCUT2D eigenvalue weighted by atomic mass is 35.5. The molecule has 0 bridgehead atoms. The third-order valence-corrected chi connectivity index (χ3v) is 8.35. The summed E-state index contributed by atoms with van der Waals surface area (Å²) in [5.74, 6) is 0.330. The molecule has 0 saturated carbocycles. The van der Waals surface area contributed by atoms with Gasteiger partial charge in [-0.25, -0.2) is 0 Å². The zero-order chi connectivity index (χ0) is 27.2. The number of nitro benzene ring substituents is 1. The van der Waals surface area contributed by atoms with Gasteiger partial charge in [0, 0.05) is 48.4 Å². The molecule has 0 spiro atoms. The summed E-state index contributed by atoms with van der Waals surface area (Å²) in [6.07, 6.45) is 3.92. The van der Waals surface area contributed by atoms with Crippen molar-refractivity contribution in [2.24, 2.45) is 5.92 Å². The number of hydrogen-bond donors (Lipinski definition) is 1. The number of benzene rings is 3. The first-order valence-corrected chi connectivity index (χ1v) is 13.9. The maximum atomic E-state index is 12.8. The number of piperidine rings is 1. The van der Waals surface area contributed by atoms with Gasteiger partial charge >= 0.3 is 0 Å². The average Bonchev–Trinajstić information content (AvgIpc) is 2.90. The van der Waals surface area contributed by atoms with Crippen LogP contribution >= 0.6 is 46.4 Å². The molecule has 10 heteroatoms. The minimum Gasteiger partial charge on any atom is -0.372 e. The Morgan fingerprint density at radius 2 is 1.66 bits per heavy atom. The molecule has 3 aromatic carbocycles. The molecule has 38 heavy (non-hydrogen) atoms. The number of nitrogens with zero attached hydrogens (tertiary/aromatic N) is 2. The fourth-order valence-electron chi connectivity index (χ4n) is 4.84. The summed E-state index contributed by atoms with van der Waals surface area (Å²) in [7, 11) is 0. The molecule has 1 atom stereocenters. The quantitative estimate of drug-likeness (QED) is 0.199. The number of anilines is 1. The van der Waals surface area contributed by atoms with Gasteiger partial charge in [0.2, 0.25) is 0 Å². The van der Waals surface area contributed by atoms with Crippen molar-refractivity contribution in [3.8, 4) is 0 Å². The van der Waals surface area contributed by atoms with Crippen molar-refractivity contribution in [2.75, 3.05) is 24.5 Å². The van der Waals surface area contributed by atoms with Crippen LogP contribution in [0.1, 0.15) is 47.5 Å². The zero-order valence-electron chi connectivity index (χ0n) is 20.5. The van der Waals surface area contributed by atoms with Gasteiger partial charge in [-0.05, 0) is 79.6 Å². The molecule has 6 nitrogen and oxygen atoms in total. The van der Waals surface area contributed by atoms with Crippen LogP contribution in [-0.4, -0.2) is 30.5 Å². The van der Waals surface area contributed by atoms with E-state index >= 15 is 0 Å². The monoisotopic (exact) mass is 593 g/mol. The van der Waals surface area contributed by atoms with Crippen molar-refractivity contribution in [1.82, 2.24) is 5.32 Å². The molecule has 1 amide bonds. The summed E-state index contributed by atoms with van der Waals surface area (Å²) >= 11 is 24.6. The van der Waals surface area contributed by atoms with Crippen molar-refractivity contribution in [3.63, 3.8) is 0 Å². The molecular weight excluding hydrogens is 568 g/mol. The van der Waals surface area contributed by atoms with Gasteiger partial charge in [-0.1, -0.05) is 52.5 Å². The van der Waals surface area contributed by atoms with Crippen LogP contribution in [0.4, 0.5) is 11.4 Å². The van der Waals surface area contributed by atoms with E-state index in [9.17, 15) is 14.9 Å². The van der Waals surface area contributed by atoms with Gasteiger partial charge in [-0.3, -0.25) is 14.9 Å². The predicted molar refractivity (Wildman–Crippen MR) is 155 cm³/mol. The lowest BCUT2D eigenvalue weighted by molar-refractivity contribution is -0.384. The number of nitrogens with one attached hydrogen (secondary N) is 1. The normalized spacial score (nSPS) is 14.8. The van der Waals surface area contributed by atoms with Crippen molar-refractivity contribution in [1.29, 1.82) is 0 Å². The Kier molecular flexibility index (Phi) is 9.77. The lowest BCUT2D eigenvalue weighted by Gasteiger charge is -2.34. The van der Waals surface area contributed by atoms with E-state index in [1.54, 1.807) is 36.4 Å². The number of non-ortho nitro benzene ring substituents is 1. The molecule has 1 aliphatic heterocycles. The number of amides is 1. The maximum absolute atomic E-state index is 12.8. The molecule has 3 aromatic rings. The van der Waals surface area contributed by atoms with E-state index in [-0.39, 0.29) is 22.4 Å². The summed E-state index contributed by atoms with van der Waals surface area (Å²) in [6.45, 7) is 2.22. The molecule has 1 aliphatic rings. The van der Waals surface area contributed by atoms with Crippen LogP contribution in [0.15, 0.2) is 60.7 Å². The van der Waals surface area contributed by atoms with Crippen LogP contribution in [0.25, 0.3) is 0 Å². The molecule has 1 heterocycles. The van der Waals surface area contributed by atoms with E-state index in [0.717, 1.165) is 50.0 Å². The Morgan fingerprint density at radius 3 is 2.29 bits per heavy atom. The SMILES string of the molecule is O=C(NCC(CCC1CCN(c2ccc([N+](=O)[O-])cc2)CC1)c1ccc(Cl)c(Cl)c1)c1ccc(Cl)cc1Cl. The van der Waals surface area contributed by atoms with Gasteiger partial charge in [-0.15, -0.1) is 0 Å². The Labute approximate surface area is 242 Å². The van der Waals surface area contributed by atoms with Crippen molar-refractivity contribution in [3.05, 3.63) is 102 Å². The molecule has 0 aromatic heterocycles. The van der Waals surface area contributed by atoms with Gasteiger partial charge in [0.25, 0.3) is 11.6 Å². The number of carbonyl (C=O) groups is 1. The van der Waals surface area contributed by atoms with Crippen LogP contribution in [0.2, 0.25) is 20.1 Å². The summed E-state index contributed by atoms with van der Waals surface area (Å²) < 4.78 is 0. The number of rotatable bonds is 9. The van der Waals surface area contributed by atoms with E-state index < -0.39 is 0 Å². The second-order valence-corrected chi connectivity index (χ2v) is 11.1. The minimum atomic E-state index is -0.382. The molecular formula is C28H27Cl4N3O3. The Bertz CT molecular complexity index is 1300. The second-order valence-electron chi connectivity index (χ2n) is 9.49. The first-order valence-electron chi connectivity index (χ1n) is 12.4. The number of carbonyl (C=O) groups excluding carboxylic acids is 1. The van der Waals surface area contributed by atoms with E-state index in [2.05, 4.69) is 10.2 Å². The molecule has 200 valence electrons. The smallest absolute Gasteiger partial charge is 0.269 e.